The van der Waals surface area contributed by atoms with Gasteiger partial charge in [0.1, 0.15) is 11.5 Å². The van der Waals surface area contributed by atoms with Crippen LogP contribution in [-0.2, 0) is 4.79 Å². The van der Waals surface area contributed by atoms with E-state index >= 15 is 0 Å². The van der Waals surface area contributed by atoms with Gasteiger partial charge in [-0.2, -0.15) is 0 Å². The highest BCUT2D eigenvalue weighted by atomic mass is 16.5. The third-order valence-corrected chi connectivity index (χ3v) is 3.83. The van der Waals surface area contributed by atoms with Crippen LogP contribution in [0.5, 0.6) is 5.75 Å². The molecule has 0 atom stereocenters. The number of ether oxygens (including phenoxy) is 1. The number of fused-ring (bicyclic) bond motifs is 3. The minimum absolute atomic E-state index is 0.0924. The van der Waals surface area contributed by atoms with Gasteiger partial charge in [0, 0.05) is 16.7 Å². The summed E-state index contributed by atoms with van der Waals surface area (Å²) < 4.78 is 5.18. The maximum Gasteiger partial charge on any atom is 0.234 e. The fourth-order valence-corrected chi connectivity index (χ4v) is 2.72. The van der Waals surface area contributed by atoms with Crippen LogP contribution in [0, 0.1) is 0 Å². The molecule has 4 heteroatoms. The Balaban J connectivity index is 2.37. The van der Waals surface area contributed by atoms with Crippen LogP contribution >= 0.6 is 0 Å². The van der Waals surface area contributed by atoms with E-state index in [4.69, 9.17) is 4.74 Å². The minimum atomic E-state index is -0.680. The lowest BCUT2D eigenvalue weighted by Crippen LogP contribution is -2.24. The molecule has 3 rings (SSSR count). The number of methoxy groups -OCH3 is 1. The van der Waals surface area contributed by atoms with E-state index in [0.29, 0.717) is 16.7 Å². The Labute approximate surface area is 127 Å². The van der Waals surface area contributed by atoms with Gasteiger partial charge in [0.15, 0.2) is 0 Å². The monoisotopic (exact) mass is 294 g/mol. The van der Waals surface area contributed by atoms with Crippen LogP contribution in [-0.4, -0.2) is 23.8 Å². The number of allylic oxidation sites excluding steroid dienone is 2. The van der Waals surface area contributed by atoms with Gasteiger partial charge < -0.3 is 9.84 Å². The Morgan fingerprint density at radius 1 is 1.18 bits per heavy atom. The Morgan fingerprint density at radius 2 is 1.91 bits per heavy atom. The van der Waals surface area contributed by atoms with Gasteiger partial charge in [0.05, 0.1) is 7.11 Å². The molecule has 2 aromatic rings. The number of aliphatic hydroxyl groups is 1. The highest BCUT2D eigenvalue weighted by molar-refractivity contribution is 6.53. The van der Waals surface area contributed by atoms with Crippen molar-refractivity contribution < 1.29 is 19.4 Å². The van der Waals surface area contributed by atoms with E-state index in [1.165, 1.54) is 13.2 Å². The van der Waals surface area contributed by atoms with E-state index in [1.807, 2.05) is 6.07 Å². The number of aliphatic hydroxyl groups excluding tert-OH is 1. The van der Waals surface area contributed by atoms with Crippen molar-refractivity contribution in [2.24, 2.45) is 0 Å². The number of hydrogen-bond acceptors (Lipinski definition) is 4. The van der Waals surface area contributed by atoms with Gasteiger partial charge in [-0.25, -0.2) is 0 Å². The fraction of sp³-hybridized carbons (Fsp3) is 0.111. The van der Waals surface area contributed by atoms with E-state index in [2.05, 4.69) is 6.58 Å². The van der Waals surface area contributed by atoms with Crippen molar-refractivity contribution in [1.29, 1.82) is 0 Å². The van der Waals surface area contributed by atoms with Gasteiger partial charge in [-0.1, -0.05) is 18.2 Å². The highest BCUT2D eigenvalue weighted by Crippen LogP contribution is 2.35. The third kappa shape index (κ3) is 1.92. The van der Waals surface area contributed by atoms with E-state index in [9.17, 15) is 14.7 Å². The van der Waals surface area contributed by atoms with Gasteiger partial charge in [0.2, 0.25) is 11.6 Å². The molecule has 2 aromatic carbocycles. The number of ketones is 2. The Hall–Kier alpha value is -2.88. The molecule has 0 amide bonds. The average Bonchev–Trinajstić information content (AvgIpc) is 2.55. The molecule has 0 spiro atoms. The zero-order chi connectivity index (χ0) is 15.9. The maximum atomic E-state index is 12.5. The predicted molar refractivity (Wildman–Crippen MR) is 84.2 cm³/mol. The second-order valence-electron chi connectivity index (χ2n) is 5.05. The van der Waals surface area contributed by atoms with Crippen molar-refractivity contribution in [3.63, 3.8) is 0 Å². The summed E-state index contributed by atoms with van der Waals surface area (Å²) in [7, 11) is 1.53. The molecule has 0 aromatic heterocycles. The first-order chi connectivity index (χ1) is 10.6. The summed E-state index contributed by atoms with van der Waals surface area (Å²) in [4.78, 5) is 24.7. The summed E-state index contributed by atoms with van der Waals surface area (Å²) in [5.74, 6) is -0.852. The molecule has 4 nitrogen and oxygen atoms in total. The summed E-state index contributed by atoms with van der Waals surface area (Å²) in [5.41, 5.74) is 0.698. The second kappa shape index (κ2) is 5.15. The Kier molecular flexibility index (Phi) is 3.29. The van der Waals surface area contributed by atoms with Crippen molar-refractivity contribution in [1.82, 2.24) is 0 Å². The topological polar surface area (TPSA) is 63.6 Å². The van der Waals surface area contributed by atoms with E-state index in [0.717, 1.165) is 5.39 Å². The lowest BCUT2D eigenvalue weighted by Gasteiger charge is -2.19. The van der Waals surface area contributed by atoms with Crippen molar-refractivity contribution in [2.75, 3.05) is 7.11 Å². The highest BCUT2D eigenvalue weighted by Gasteiger charge is 2.33. The summed E-state index contributed by atoms with van der Waals surface area (Å²) >= 11 is 0. The normalized spacial score (nSPS) is 14.2. The molecule has 1 aliphatic rings. The van der Waals surface area contributed by atoms with E-state index in [-0.39, 0.29) is 23.3 Å². The smallest absolute Gasteiger partial charge is 0.234 e. The number of carbonyl (C=O) groups is 2. The van der Waals surface area contributed by atoms with Crippen molar-refractivity contribution in [3.8, 4) is 5.75 Å². The largest absolute Gasteiger partial charge is 0.507 e. The molecule has 0 heterocycles. The molecule has 0 aliphatic heterocycles. The number of rotatable bonds is 3. The predicted octanol–water partition coefficient (Wildman–Crippen LogP) is 3.46. The summed E-state index contributed by atoms with van der Waals surface area (Å²) in [5, 5.41) is 11.8. The lowest BCUT2D eigenvalue weighted by atomic mass is 9.84. The molecule has 0 saturated heterocycles. The zero-order valence-corrected chi connectivity index (χ0v) is 12.1. The molecule has 22 heavy (non-hydrogen) atoms. The molecule has 0 saturated carbocycles. The molecule has 1 aliphatic carbocycles. The van der Waals surface area contributed by atoms with Crippen LogP contribution in [0.4, 0.5) is 0 Å². The molecular weight excluding hydrogens is 280 g/mol. The number of carbonyl (C=O) groups excluding carboxylic acids is 2. The van der Waals surface area contributed by atoms with Crippen LogP contribution in [0.25, 0.3) is 16.5 Å². The fourth-order valence-electron chi connectivity index (χ4n) is 2.72. The average molecular weight is 294 g/mol. The minimum Gasteiger partial charge on any atom is -0.507 e. The summed E-state index contributed by atoms with van der Waals surface area (Å²) in [6.07, 6.45) is 1.65. The lowest BCUT2D eigenvalue weighted by molar-refractivity contribution is -0.112. The van der Waals surface area contributed by atoms with E-state index < -0.39 is 11.6 Å². The standard InChI is InChI=1S/C18H14O4/c1-3-4-13-16(19)12-8-6-10-5-7-11(22-2)9-14(10)15(12)18(21)17(13)20/h3,5-9,19H,1,4H2,2H3. The first-order valence-corrected chi connectivity index (χ1v) is 6.81. The number of Topliss-reactive ketones (excluding diaryl/α,β-unsaturated/α-hetero) is 2. The van der Waals surface area contributed by atoms with Crippen LogP contribution in [0.1, 0.15) is 22.3 Å². The maximum absolute atomic E-state index is 12.5. The van der Waals surface area contributed by atoms with Gasteiger partial charge in [-0.05, 0) is 35.4 Å². The number of benzene rings is 2. The number of hydrogen-bond donors (Lipinski definition) is 1. The zero-order valence-electron chi connectivity index (χ0n) is 12.1. The van der Waals surface area contributed by atoms with Crippen LogP contribution in [0.2, 0.25) is 0 Å². The molecule has 0 fully saturated rings. The van der Waals surface area contributed by atoms with Gasteiger partial charge in [0.25, 0.3) is 0 Å². The van der Waals surface area contributed by atoms with Crippen LogP contribution < -0.4 is 4.74 Å². The Bertz CT molecular complexity index is 859. The summed E-state index contributed by atoms with van der Waals surface area (Å²) in [6.45, 7) is 3.55. The van der Waals surface area contributed by atoms with Crippen molar-refractivity contribution in [2.45, 2.75) is 6.42 Å². The third-order valence-electron chi connectivity index (χ3n) is 3.83. The molecule has 110 valence electrons. The molecule has 0 radical (unpaired) electrons. The SMILES string of the molecule is C=CCC1=C(O)c2ccc3ccc(OC)cc3c2C(=O)C1=O. The van der Waals surface area contributed by atoms with Crippen LogP contribution in [0.15, 0.2) is 48.6 Å². The molecule has 1 N–H and O–H groups in total. The van der Waals surface area contributed by atoms with Gasteiger partial charge in [-0.15, -0.1) is 6.58 Å². The first-order valence-electron chi connectivity index (χ1n) is 6.81. The first kappa shape index (κ1) is 14.1. The molecular formula is C18H14O4. The van der Waals surface area contributed by atoms with Gasteiger partial charge in [-0.3, -0.25) is 9.59 Å². The molecule has 0 unspecified atom stereocenters. The van der Waals surface area contributed by atoms with E-state index in [1.54, 1.807) is 24.3 Å². The van der Waals surface area contributed by atoms with Gasteiger partial charge >= 0.3 is 0 Å². The molecule has 0 bridgehead atoms. The van der Waals surface area contributed by atoms with Crippen molar-refractivity contribution >= 4 is 28.1 Å². The summed E-state index contributed by atoms with van der Waals surface area (Å²) in [6, 6.07) is 8.76. The van der Waals surface area contributed by atoms with Crippen molar-refractivity contribution in [3.05, 3.63) is 59.7 Å². The quantitative estimate of drug-likeness (QED) is 0.695. The Morgan fingerprint density at radius 3 is 2.59 bits per heavy atom. The van der Waals surface area contributed by atoms with Crippen LogP contribution in [0.3, 0.4) is 0 Å². The second-order valence-corrected chi connectivity index (χ2v) is 5.05.